The van der Waals surface area contributed by atoms with Gasteiger partial charge in [-0.05, 0) is 30.9 Å². The molecule has 0 saturated carbocycles. The maximum atomic E-state index is 5.62. The lowest BCUT2D eigenvalue weighted by Crippen LogP contribution is -2.45. The fourth-order valence-corrected chi connectivity index (χ4v) is 3.14. The van der Waals surface area contributed by atoms with Crippen molar-refractivity contribution in [3.05, 3.63) is 30.3 Å². The zero-order valence-electron chi connectivity index (χ0n) is 16.4. The molecule has 2 atom stereocenters. The fourth-order valence-electron chi connectivity index (χ4n) is 3.14. The summed E-state index contributed by atoms with van der Waals surface area (Å²) in [5.74, 6) is 0.883. The third-order valence-corrected chi connectivity index (χ3v) is 4.66. The largest absolute Gasteiger partial charge is 0.379 e. The summed E-state index contributed by atoms with van der Waals surface area (Å²) in [6, 6.07) is 11.0. The van der Waals surface area contributed by atoms with Gasteiger partial charge in [-0.15, -0.1) is 0 Å². The molecule has 1 heterocycles. The van der Waals surface area contributed by atoms with Gasteiger partial charge in [-0.2, -0.15) is 0 Å². The molecule has 1 aromatic rings. The first-order chi connectivity index (χ1) is 11.9. The van der Waals surface area contributed by atoms with Gasteiger partial charge in [0.05, 0.1) is 12.6 Å². The number of guanidine groups is 1. The van der Waals surface area contributed by atoms with Gasteiger partial charge in [-0.25, -0.2) is 0 Å². The summed E-state index contributed by atoms with van der Waals surface area (Å²) in [5.41, 5.74) is 1.37. The third kappa shape index (κ3) is 5.92. The number of methoxy groups -OCH3 is 1. The highest BCUT2D eigenvalue weighted by atomic mass is 16.5. The Kier molecular flexibility index (Phi) is 7.12. The maximum Gasteiger partial charge on any atom is 0.191 e. The molecule has 0 bridgehead atoms. The summed E-state index contributed by atoms with van der Waals surface area (Å²) in [6.45, 7) is 12.2. The van der Waals surface area contributed by atoms with Gasteiger partial charge in [-0.3, -0.25) is 4.99 Å². The number of anilines is 1. The van der Waals surface area contributed by atoms with E-state index in [1.54, 1.807) is 7.11 Å². The van der Waals surface area contributed by atoms with E-state index in [9.17, 15) is 0 Å². The Hall–Kier alpha value is -1.75. The first kappa shape index (κ1) is 19.6. The van der Waals surface area contributed by atoms with Crippen LogP contribution in [0.5, 0.6) is 0 Å². The smallest absolute Gasteiger partial charge is 0.191 e. The molecule has 140 valence electrons. The number of para-hydroxylation sites is 1. The Balaban J connectivity index is 1.94. The average molecular weight is 347 g/mol. The average Bonchev–Trinajstić information content (AvgIpc) is 3.03. The van der Waals surface area contributed by atoms with Crippen LogP contribution in [-0.4, -0.2) is 51.4 Å². The highest BCUT2D eigenvalue weighted by molar-refractivity contribution is 5.80. The summed E-state index contributed by atoms with van der Waals surface area (Å²) in [7, 11) is 1.76. The van der Waals surface area contributed by atoms with Crippen LogP contribution in [0.3, 0.4) is 0 Å². The molecule has 25 heavy (non-hydrogen) atoms. The minimum atomic E-state index is 0.0764. The van der Waals surface area contributed by atoms with Crippen molar-refractivity contribution in [2.45, 2.75) is 46.3 Å². The lowest BCUT2D eigenvalue weighted by molar-refractivity contribution is 0.0241. The van der Waals surface area contributed by atoms with Crippen molar-refractivity contribution in [2.24, 2.45) is 10.4 Å². The van der Waals surface area contributed by atoms with E-state index in [0.29, 0.717) is 12.6 Å². The second-order valence-electron chi connectivity index (χ2n) is 7.72. The fraction of sp³-hybridized carbons (Fsp3) is 0.650. The number of aliphatic imine (C=N–C) groups is 1. The third-order valence-electron chi connectivity index (χ3n) is 4.66. The predicted molar refractivity (Wildman–Crippen MR) is 106 cm³/mol. The normalized spacial score (nSPS) is 19.8. The number of hydrogen-bond acceptors (Lipinski definition) is 3. The Morgan fingerprint density at radius 1 is 1.32 bits per heavy atom. The number of hydrogen-bond donors (Lipinski definition) is 2. The van der Waals surface area contributed by atoms with Crippen LogP contribution in [0.4, 0.5) is 5.69 Å². The molecule has 5 nitrogen and oxygen atoms in total. The van der Waals surface area contributed by atoms with E-state index >= 15 is 0 Å². The van der Waals surface area contributed by atoms with Gasteiger partial charge in [0, 0.05) is 38.5 Å². The Labute approximate surface area is 152 Å². The van der Waals surface area contributed by atoms with Crippen molar-refractivity contribution in [1.29, 1.82) is 0 Å². The molecule has 0 spiro atoms. The summed E-state index contributed by atoms with van der Waals surface area (Å²) in [5, 5.41) is 6.95. The van der Waals surface area contributed by atoms with Gasteiger partial charge in [-0.1, -0.05) is 39.0 Å². The van der Waals surface area contributed by atoms with Crippen LogP contribution in [0.25, 0.3) is 0 Å². The first-order valence-electron chi connectivity index (χ1n) is 9.31. The quantitative estimate of drug-likeness (QED) is 0.614. The van der Waals surface area contributed by atoms with E-state index in [2.05, 4.69) is 73.6 Å². The van der Waals surface area contributed by atoms with E-state index in [4.69, 9.17) is 9.73 Å². The molecule has 2 rings (SSSR count). The highest BCUT2D eigenvalue weighted by Crippen LogP contribution is 2.22. The lowest BCUT2D eigenvalue weighted by atomic mass is 9.89. The lowest BCUT2D eigenvalue weighted by Gasteiger charge is -2.28. The van der Waals surface area contributed by atoms with Gasteiger partial charge < -0.3 is 20.3 Å². The van der Waals surface area contributed by atoms with Crippen molar-refractivity contribution in [3.8, 4) is 0 Å². The molecule has 0 radical (unpaired) electrons. The molecule has 2 N–H and O–H groups in total. The molecule has 1 fully saturated rings. The number of ether oxygens (including phenoxy) is 1. The minimum Gasteiger partial charge on any atom is -0.379 e. The van der Waals surface area contributed by atoms with E-state index in [0.717, 1.165) is 32.0 Å². The van der Waals surface area contributed by atoms with E-state index in [-0.39, 0.29) is 11.5 Å². The number of nitrogens with zero attached hydrogens (tertiary/aromatic N) is 2. The molecule has 0 aromatic heterocycles. The van der Waals surface area contributed by atoms with Gasteiger partial charge >= 0.3 is 0 Å². The molecule has 0 aliphatic carbocycles. The Bertz CT molecular complexity index is 538. The van der Waals surface area contributed by atoms with E-state index < -0.39 is 0 Å². The highest BCUT2D eigenvalue weighted by Gasteiger charge is 2.25. The van der Waals surface area contributed by atoms with Crippen LogP contribution < -0.4 is 15.5 Å². The van der Waals surface area contributed by atoms with Crippen LogP contribution in [0.2, 0.25) is 0 Å². The molecular formula is C20H34N4O. The number of benzene rings is 1. The SMILES string of the molecule is CCNC(=NCC(OC)C(C)(C)C)NC1CCN(c2ccccc2)C1. The van der Waals surface area contributed by atoms with Gasteiger partial charge in [0.2, 0.25) is 0 Å². The van der Waals surface area contributed by atoms with Gasteiger partial charge in [0.1, 0.15) is 0 Å². The van der Waals surface area contributed by atoms with Crippen molar-refractivity contribution < 1.29 is 4.74 Å². The van der Waals surface area contributed by atoms with Crippen molar-refractivity contribution in [3.63, 3.8) is 0 Å². The Morgan fingerprint density at radius 2 is 2.04 bits per heavy atom. The van der Waals surface area contributed by atoms with E-state index in [1.807, 2.05) is 0 Å². The van der Waals surface area contributed by atoms with Gasteiger partial charge in [0.25, 0.3) is 0 Å². The van der Waals surface area contributed by atoms with Crippen LogP contribution in [0.15, 0.2) is 35.3 Å². The topological polar surface area (TPSA) is 48.9 Å². The molecule has 1 aliphatic heterocycles. The van der Waals surface area contributed by atoms with Crippen LogP contribution in [0, 0.1) is 5.41 Å². The molecule has 1 aromatic carbocycles. The van der Waals surface area contributed by atoms with Crippen LogP contribution in [0.1, 0.15) is 34.1 Å². The second-order valence-corrected chi connectivity index (χ2v) is 7.72. The Morgan fingerprint density at radius 3 is 2.64 bits per heavy atom. The summed E-state index contributed by atoms with van der Waals surface area (Å²) in [6.07, 6.45) is 1.22. The molecular weight excluding hydrogens is 312 g/mol. The van der Waals surface area contributed by atoms with Crippen LogP contribution >= 0.6 is 0 Å². The van der Waals surface area contributed by atoms with E-state index in [1.165, 1.54) is 5.69 Å². The van der Waals surface area contributed by atoms with Crippen LogP contribution in [-0.2, 0) is 4.74 Å². The summed E-state index contributed by atoms with van der Waals surface area (Å²) < 4.78 is 5.62. The second kappa shape index (κ2) is 9.09. The standard InChI is InChI=1S/C20H34N4O/c1-6-21-19(22-14-18(25-5)20(2,3)4)23-16-12-13-24(15-16)17-10-8-7-9-11-17/h7-11,16,18H,6,12-15H2,1-5H3,(H2,21,22,23). The molecule has 0 amide bonds. The summed E-state index contributed by atoms with van der Waals surface area (Å²) in [4.78, 5) is 7.19. The minimum absolute atomic E-state index is 0.0764. The molecule has 5 heteroatoms. The first-order valence-corrected chi connectivity index (χ1v) is 9.31. The molecule has 2 unspecified atom stereocenters. The van der Waals surface area contributed by atoms with Crippen molar-refractivity contribution >= 4 is 11.6 Å². The zero-order valence-corrected chi connectivity index (χ0v) is 16.4. The monoisotopic (exact) mass is 346 g/mol. The molecule has 1 aliphatic rings. The van der Waals surface area contributed by atoms with Crippen molar-refractivity contribution in [1.82, 2.24) is 10.6 Å². The summed E-state index contributed by atoms with van der Waals surface area (Å²) >= 11 is 0. The number of nitrogens with one attached hydrogen (secondary N) is 2. The maximum absolute atomic E-state index is 5.62. The predicted octanol–water partition coefficient (Wildman–Crippen LogP) is 2.88. The molecule has 1 saturated heterocycles. The van der Waals surface area contributed by atoms with Crippen molar-refractivity contribution in [2.75, 3.05) is 38.2 Å². The number of rotatable bonds is 6. The zero-order chi connectivity index (χ0) is 18.3. The van der Waals surface area contributed by atoms with Gasteiger partial charge in [0.15, 0.2) is 5.96 Å².